The number of hydrogen-bond acceptors (Lipinski definition) is 4. The van der Waals surface area contributed by atoms with Crippen LogP contribution in [0.5, 0.6) is 0 Å². The van der Waals surface area contributed by atoms with Crippen molar-refractivity contribution in [1.29, 1.82) is 0 Å². The SMILES string of the molecule is Cl.c1ncc2ncoc2n1. The lowest BCUT2D eigenvalue weighted by Gasteiger charge is -1.78. The number of halogens is 1. The average Bonchev–Trinajstić information content (AvgIpc) is 2.33. The highest BCUT2D eigenvalue weighted by atomic mass is 35.5. The van der Waals surface area contributed by atoms with E-state index in [1.807, 2.05) is 0 Å². The molecule has 52 valence electrons. The highest BCUT2D eigenvalue weighted by molar-refractivity contribution is 5.85. The van der Waals surface area contributed by atoms with Gasteiger partial charge in [0.15, 0.2) is 6.39 Å². The topological polar surface area (TPSA) is 51.8 Å². The van der Waals surface area contributed by atoms with E-state index in [1.54, 1.807) is 6.20 Å². The van der Waals surface area contributed by atoms with E-state index >= 15 is 0 Å². The molecule has 0 aliphatic rings. The van der Waals surface area contributed by atoms with Crippen LogP contribution in [0, 0.1) is 0 Å². The zero-order valence-corrected chi connectivity index (χ0v) is 5.71. The zero-order chi connectivity index (χ0) is 6.10. The minimum Gasteiger partial charge on any atom is -0.425 e. The van der Waals surface area contributed by atoms with Crippen molar-refractivity contribution in [3.8, 4) is 0 Å². The Morgan fingerprint density at radius 2 is 2.20 bits per heavy atom. The van der Waals surface area contributed by atoms with Crippen molar-refractivity contribution in [2.24, 2.45) is 0 Å². The Labute approximate surface area is 62.7 Å². The molecular weight excluding hydrogens is 154 g/mol. The smallest absolute Gasteiger partial charge is 0.249 e. The lowest BCUT2D eigenvalue weighted by molar-refractivity contribution is 0.590. The highest BCUT2D eigenvalue weighted by Crippen LogP contribution is 2.03. The van der Waals surface area contributed by atoms with Gasteiger partial charge in [0.1, 0.15) is 11.8 Å². The molecule has 2 aromatic heterocycles. The minimum atomic E-state index is 0. The van der Waals surface area contributed by atoms with Gasteiger partial charge in [0.25, 0.3) is 0 Å². The van der Waals surface area contributed by atoms with Gasteiger partial charge in [-0.15, -0.1) is 12.4 Å². The third-order valence-corrected chi connectivity index (χ3v) is 1.01. The highest BCUT2D eigenvalue weighted by Gasteiger charge is 1.94. The second-order valence-electron chi connectivity index (χ2n) is 1.57. The number of hydrogen-bond donors (Lipinski definition) is 0. The van der Waals surface area contributed by atoms with Crippen LogP contribution in [-0.2, 0) is 0 Å². The van der Waals surface area contributed by atoms with Crippen LogP contribution in [-0.4, -0.2) is 15.0 Å². The van der Waals surface area contributed by atoms with Crippen LogP contribution < -0.4 is 0 Å². The van der Waals surface area contributed by atoms with E-state index < -0.39 is 0 Å². The Morgan fingerprint density at radius 3 is 3.00 bits per heavy atom. The number of nitrogens with zero attached hydrogens (tertiary/aromatic N) is 3. The quantitative estimate of drug-likeness (QED) is 0.574. The third kappa shape index (κ3) is 0.930. The summed E-state index contributed by atoms with van der Waals surface area (Å²) in [6, 6.07) is 0. The predicted octanol–water partition coefficient (Wildman–Crippen LogP) is 1.04. The number of fused-ring (bicyclic) bond motifs is 1. The van der Waals surface area contributed by atoms with Crippen molar-refractivity contribution in [1.82, 2.24) is 15.0 Å². The van der Waals surface area contributed by atoms with Gasteiger partial charge < -0.3 is 4.42 Å². The molecule has 0 spiro atoms. The summed E-state index contributed by atoms with van der Waals surface area (Å²) in [6.07, 6.45) is 4.37. The van der Waals surface area contributed by atoms with Crippen molar-refractivity contribution in [3.05, 3.63) is 18.9 Å². The largest absolute Gasteiger partial charge is 0.425 e. The molecule has 0 saturated carbocycles. The van der Waals surface area contributed by atoms with Crippen LogP contribution in [0.1, 0.15) is 0 Å². The fourth-order valence-electron chi connectivity index (χ4n) is 0.623. The number of rotatable bonds is 0. The first-order chi connectivity index (χ1) is 4.47. The molecule has 4 nitrogen and oxygen atoms in total. The Hall–Kier alpha value is -1.16. The molecule has 0 aliphatic carbocycles. The zero-order valence-electron chi connectivity index (χ0n) is 4.89. The van der Waals surface area contributed by atoms with Gasteiger partial charge in [0.2, 0.25) is 5.71 Å². The molecule has 2 heterocycles. The lowest BCUT2D eigenvalue weighted by atomic mass is 10.6. The summed E-state index contributed by atoms with van der Waals surface area (Å²) in [5, 5.41) is 0. The van der Waals surface area contributed by atoms with E-state index in [9.17, 15) is 0 Å². The monoisotopic (exact) mass is 157 g/mol. The van der Waals surface area contributed by atoms with Crippen LogP contribution in [0.25, 0.3) is 11.2 Å². The minimum absolute atomic E-state index is 0. The van der Waals surface area contributed by atoms with Gasteiger partial charge in [-0.3, -0.25) is 0 Å². The summed E-state index contributed by atoms with van der Waals surface area (Å²) in [5.41, 5.74) is 1.22. The molecule has 0 unspecified atom stereocenters. The third-order valence-electron chi connectivity index (χ3n) is 1.01. The molecule has 0 N–H and O–H groups in total. The summed E-state index contributed by atoms with van der Waals surface area (Å²) in [5.74, 6) is 0. The van der Waals surface area contributed by atoms with Gasteiger partial charge in [-0.05, 0) is 0 Å². The lowest BCUT2D eigenvalue weighted by Crippen LogP contribution is -1.74. The second-order valence-corrected chi connectivity index (χ2v) is 1.57. The van der Waals surface area contributed by atoms with Crippen molar-refractivity contribution < 1.29 is 4.42 Å². The van der Waals surface area contributed by atoms with Crippen LogP contribution in [0.2, 0.25) is 0 Å². The van der Waals surface area contributed by atoms with Crippen LogP contribution in [0.4, 0.5) is 0 Å². The maximum Gasteiger partial charge on any atom is 0.249 e. The first kappa shape index (κ1) is 6.95. The molecule has 0 aliphatic heterocycles. The average molecular weight is 158 g/mol. The van der Waals surface area contributed by atoms with Crippen LogP contribution in [0.15, 0.2) is 23.3 Å². The molecule has 0 saturated heterocycles. The molecule has 2 rings (SSSR count). The Morgan fingerprint density at radius 1 is 1.30 bits per heavy atom. The maximum atomic E-state index is 4.86. The van der Waals surface area contributed by atoms with Crippen molar-refractivity contribution >= 4 is 23.6 Å². The van der Waals surface area contributed by atoms with E-state index in [0.717, 1.165) is 0 Å². The Kier molecular flexibility index (Phi) is 1.82. The van der Waals surface area contributed by atoms with Gasteiger partial charge in [-0.1, -0.05) is 0 Å². The van der Waals surface area contributed by atoms with Crippen LogP contribution in [0.3, 0.4) is 0 Å². The molecule has 0 fully saturated rings. The number of aromatic nitrogens is 3. The summed E-state index contributed by atoms with van der Waals surface area (Å²) < 4.78 is 4.86. The van der Waals surface area contributed by atoms with Crippen molar-refractivity contribution in [2.75, 3.05) is 0 Å². The van der Waals surface area contributed by atoms with Gasteiger partial charge in [0, 0.05) is 0 Å². The van der Waals surface area contributed by atoms with E-state index in [-0.39, 0.29) is 12.4 Å². The Balaban J connectivity index is 0.000000500. The van der Waals surface area contributed by atoms with E-state index in [4.69, 9.17) is 4.42 Å². The van der Waals surface area contributed by atoms with Crippen molar-refractivity contribution in [3.63, 3.8) is 0 Å². The Bertz CT molecular complexity index is 291. The molecule has 5 heteroatoms. The molecular formula is C5H4ClN3O. The number of oxazole rings is 1. The van der Waals surface area contributed by atoms with Gasteiger partial charge in [-0.25, -0.2) is 9.97 Å². The first-order valence-corrected chi connectivity index (χ1v) is 2.46. The summed E-state index contributed by atoms with van der Waals surface area (Å²) >= 11 is 0. The molecule has 2 aromatic rings. The van der Waals surface area contributed by atoms with E-state index in [0.29, 0.717) is 11.2 Å². The maximum absolute atomic E-state index is 4.86. The standard InChI is InChI=1S/C5H3N3O.ClH/c1-4-5(7-2-6-1)9-3-8-4;/h1-3H;1H. The van der Waals surface area contributed by atoms with E-state index in [1.165, 1.54) is 12.7 Å². The fourth-order valence-corrected chi connectivity index (χ4v) is 0.623. The molecule has 0 radical (unpaired) electrons. The molecule has 0 aromatic carbocycles. The summed E-state index contributed by atoms with van der Waals surface area (Å²) in [7, 11) is 0. The molecule has 0 bridgehead atoms. The first-order valence-electron chi connectivity index (χ1n) is 2.46. The molecule has 0 amide bonds. The second kappa shape index (κ2) is 2.62. The molecule has 10 heavy (non-hydrogen) atoms. The van der Waals surface area contributed by atoms with Gasteiger partial charge in [0.05, 0.1) is 6.20 Å². The van der Waals surface area contributed by atoms with Gasteiger partial charge >= 0.3 is 0 Å². The summed E-state index contributed by atoms with van der Waals surface area (Å²) in [4.78, 5) is 11.4. The predicted molar refractivity (Wildman–Crippen MR) is 36.8 cm³/mol. The van der Waals surface area contributed by atoms with Crippen LogP contribution >= 0.6 is 12.4 Å². The summed E-state index contributed by atoms with van der Waals surface area (Å²) in [6.45, 7) is 0. The normalized spacial score (nSPS) is 9.20. The van der Waals surface area contributed by atoms with Crippen molar-refractivity contribution in [2.45, 2.75) is 0 Å². The molecule has 0 atom stereocenters. The van der Waals surface area contributed by atoms with E-state index in [2.05, 4.69) is 15.0 Å². The fraction of sp³-hybridized carbons (Fsp3) is 0. The van der Waals surface area contributed by atoms with Gasteiger partial charge in [-0.2, -0.15) is 4.98 Å².